The monoisotopic (exact) mass is 286 g/mol. The highest BCUT2D eigenvalue weighted by molar-refractivity contribution is 6.08. The topological polar surface area (TPSA) is 84.6 Å². The van der Waals surface area contributed by atoms with Gasteiger partial charge in [0.25, 0.3) is 5.91 Å². The molecule has 0 aliphatic carbocycles. The van der Waals surface area contributed by atoms with Crippen LogP contribution in [-0.2, 0) is 0 Å². The van der Waals surface area contributed by atoms with Crippen molar-refractivity contribution in [2.24, 2.45) is 0 Å². The van der Waals surface area contributed by atoms with E-state index in [9.17, 15) is 9.90 Å². The fraction of sp³-hybridized carbons (Fsp3) is 0.188. The van der Waals surface area contributed by atoms with E-state index in [2.05, 4.69) is 5.32 Å². The molecule has 0 radical (unpaired) electrons. The van der Waals surface area contributed by atoms with Crippen molar-refractivity contribution in [3.63, 3.8) is 0 Å². The number of hydrogen-bond acceptors (Lipinski definition) is 4. The summed E-state index contributed by atoms with van der Waals surface area (Å²) >= 11 is 0. The number of phenols is 1. The zero-order valence-corrected chi connectivity index (χ0v) is 11.8. The minimum atomic E-state index is -0.370. The maximum atomic E-state index is 12.1. The van der Waals surface area contributed by atoms with Gasteiger partial charge in [0.05, 0.1) is 12.2 Å². The fourth-order valence-electron chi connectivity index (χ4n) is 1.79. The molecule has 0 atom stereocenters. The minimum Gasteiger partial charge on any atom is -0.508 e. The van der Waals surface area contributed by atoms with E-state index in [1.54, 1.807) is 24.3 Å². The van der Waals surface area contributed by atoms with E-state index in [4.69, 9.17) is 10.5 Å². The predicted octanol–water partition coefficient (Wildman–Crippen LogP) is 3.02. The Morgan fingerprint density at radius 2 is 1.95 bits per heavy atom. The molecule has 0 spiro atoms. The van der Waals surface area contributed by atoms with Crippen LogP contribution >= 0.6 is 0 Å². The van der Waals surface area contributed by atoms with Gasteiger partial charge in [-0.1, -0.05) is 6.92 Å². The molecule has 2 rings (SSSR count). The highest BCUT2D eigenvalue weighted by atomic mass is 16.5. The normalized spacial score (nSPS) is 10.1. The van der Waals surface area contributed by atoms with Crippen LogP contribution in [0.15, 0.2) is 42.5 Å². The molecule has 5 heteroatoms. The summed E-state index contributed by atoms with van der Waals surface area (Å²) in [7, 11) is 0. The zero-order valence-electron chi connectivity index (χ0n) is 11.8. The lowest BCUT2D eigenvalue weighted by molar-refractivity contribution is 0.102. The molecule has 0 heterocycles. The first kappa shape index (κ1) is 14.7. The molecule has 0 saturated carbocycles. The van der Waals surface area contributed by atoms with Crippen molar-refractivity contribution >= 4 is 17.3 Å². The molecule has 21 heavy (non-hydrogen) atoms. The summed E-state index contributed by atoms with van der Waals surface area (Å²) in [5, 5.41) is 12.1. The van der Waals surface area contributed by atoms with Gasteiger partial charge >= 0.3 is 0 Å². The standard InChI is InChI=1S/C16H18N2O3/c1-2-9-21-13-6-3-11(4-7-13)18-16(20)14-10-12(19)5-8-15(14)17/h3-8,10,19H,2,9,17H2,1H3,(H,18,20). The molecule has 2 aromatic carbocycles. The fourth-order valence-corrected chi connectivity index (χ4v) is 1.79. The number of nitrogens with one attached hydrogen (secondary N) is 1. The number of ether oxygens (including phenoxy) is 1. The quantitative estimate of drug-likeness (QED) is 0.582. The molecule has 0 bridgehead atoms. The maximum absolute atomic E-state index is 12.1. The summed E-state index contributed by atoms with van der Waals surface area (Å²) < 4.78 is 5.47. The molecule has 1 amide bonds. The first-order valence-corrected chi connectivity index (χ1v) is 6.73. The first-order chi connectivity index (χ1) is 10.1. The van der Waals surface area contributed by atoms with E-state index < -0.39 is 0 Å². The van der Waals surface area contributed by atoms with Gasteiger partial charge in [-0.25, -0.2) is 0 Å². The summed E-state index contributed by atoms with van der Waals surface area (Å²) in [6.07, 6.45) is 0.940. The number of nitrogens with two attached hydrogens (primary N) is 1. The van der Waals surface area contributed by atoms with Gasteiger partial charge in [-0.2, -0.15) is 0 Å². The van der Waals surface area contributed by atoms with E-state index in [-0.39, 0.29) is 17.2 Å². The second kappa shape index (κ2) is 6.65. The molecule has 2 aromatic rings. The number of nitrogen functional groups attached to an aromatic ring is 1. The molecule has 0 aliphatic rings. The highest BCUT2D eigenvalue weighted by Gasteiger charge is 2.11. The molecular formula is C16H18N2O3. The molecule has 0 fully saturated rings. The third kappa shape index (κ3) is 3.89. The van der Waals surface area contributed by atoms with E-state index in [1.807, 2.05) is 6.92 Å². The number of rotatable bonds is 5. The lowest BCUT2D eigenvalue weighted by atomic mass is 10.1. The summed E-state index contributed by atoms with van der Waals surface area (Å²) in [5.41, 5.74) is 6.91. The zero-order chi connectivity index (χ0) is 15.2. The Morgan fingerprint density at radius 1 is 1.24 bits per heavy atom. The van der Waals surface area contributed by atoms with E-state index in [0.717, 1.165) is 12.2 Å². The molecule has 0 unspecified atom stereocenters. The molecule has 110 valence electrons. The Morgan fingerprint density at radius 3 is 2.62 bits per heavy atom. The minimum absolute atomic E-state index is 0.00216. The lowest BCUT2D eigenvalue weighted by Gasteiger charge is -2.09. The van der Waals surface area contributed by atoms with Crippen molar-refractivity contribution < 1.29 is 14.6 Å². The van der Waals surface area contributed by atoms with Crippen molar-refractivity contribution in [3.8, 4) is 11.5 Å². The predicted molar refractivity (Wildman–Crippen MR) is 82.7 cm³/mol. The van der Waals surface area contributed by atoms with Crippen LogP contribution in [0.3, 0.4) is 0 Å². The molecule has 0 aliphatic heterocycles. The maximum Gasteiger partial charge on any atom is 0.257 e. The highest BCUT2D eigenvalue weighted by Crippen LogP contribution is 2.21. The van der Waals surface area contributed by atoms with Gasteiger partial charge in [0.15, 0.2) is 0 Å². The first-order valence-electron chi connectivity index (χ1n) is 6.73. The number of carbonyl (C=O) groups excluding carboxylic acids is 1. The Bertz CT molecular complexity index is 624. The Balaban J connectivity index is 2.07. The van der Waals surface area contributed by atoms with Gasteiger partial charge < -0.3 is 20.9 Å². The third-order valence-corrected chi connectivity index (χ3v) is 2.87. The third-order valence-electron chi connectivity index (χ3n) is 2.87. The average molecular weight is 286 g/mol. The molecule has 0 saturated heterocycles. The van der Waals surface area contributed by atoms with E-state index in [1.165, 1.54) is 18.2 Å². The van der Waals surface area contributed by atoms with Gasteiger partial charge in [0, 0.05) is 11.4 Å². The van der Waals surface area contributed by atoms with Gasteiger partial charge in [0.2, 0.25) is 0 Å². The Hall–Kier alpha value is -2.69. The molecule has 0 aromatic heterocycles. The summed E-state index contributed by atoms with van der Waals surface area (Å²) in [6, 6.07) is 11.3. The van der Waals surface area contributed by atoms with Crippen molar-refractivity contribution in [3.05, 3.63) is 48.0 Å². The lowest BCUT2D eigenvalue weighted by Crippen LogP contribution is -2.13. The summed E-state index contributed by atoms with van der Waals surface area (Å²) in [5.74, 6) is 0.384. The van der Waals surface area contributed by atoms with Gasteiger partial charge in [-0.15, -0.1) is 0 Å². The number of anilines is 2. The van der Waals surface area contributed by atoms with Gasteiger partial charge in [0.1, 0.15) is 11.5 Å². The van der Waals surface area contributed by atoms with Crippen LogP contribution in [0.4, 0.5) is 11.4 Å². The molecular weight excluding hydrogens is 268 g/mol. The Kier molecular flexibility index (Phi) is 4.66. The van der Waals surface area contributed by atoms with Crippen LogP contribution in [0.2, 0.25) is 0 Å². The van der Waals surface area contributed by atoms with E-state index in [0.29, 0.717) is 18.0 Å². The number of hydrogen-bond donors (Lipinski definition) is 3. The van der Waals surface area contributed by atoms with Crippen LogP contribution in [0.25, 0.3) is 0 Å². The van der Waals surface area contributed by atoms with Crippen molar-refractivity contribution in [2.45, 2.75) is 13.3 Å². The van der Waals surface area contributed by atoms with Crippen molar-refractivity contribution in [1.82, 2.24) is 0 Å². The summed E-state index contributed by atoms with van der Waals surface area (Å²) in [4.78, 5) is 12.1. The second-order valence-corrected chi connectivity index (χ2v) is 4.60. The largest absolute Gasteiger partial charge is 0.508 e. The van der Waals surface area contributed by atoms with Crippen LogP contribution in [0.1, 0.15) is 23.7 Å². The van der Waals surface area contributed by atoms with Crippen LogP contribution < -0.4 is 15.8 Å². The number of carbonyl (C=O) groups is 1. The summed E-state index contributed by atoms with van der Waals surface area (Å²) in [6.45, 7) is 2.69. The smallest absolute Gasteiger partial charge is 0.257 e. The van der Waals surface area contributed by atoms with Crippen molar-refractivity contribution in [1.29, 1.82) is 0 Å². The van der Waals surface area contributed by atoms with E-state index >= 15 is 0 Å². The second-order valence-electron chi connectivity index (χ2n) is 4.60. The molecule has 4 N–H and O–H groups in total. The van der Waals surface area contributed by atoms with Crippen LogP contribution in [-0.4, -0.2) is 17.6 Å². The van der Waals surface area contributed by atoms with Crippen LogP contribution in [0, 0.1) is 0 Å². The number of benzene rings is 2. The number of amides is 1. The van der Waals surface area contributed by atoms with Gasteiger partial charge in [-0.3, -0.25) is 4.79 Å². The van der Waals surface area contributed by atoms with Gasteiger partial charge in [-0.05, 0) is 48.9 Å². The van der Waals surface area contributed by atoms with Crippen molar-refractivity contribution in [2.75, 3.05) is 17.7 Å². The Labute approximate surface area is 123 Å². The number of phenolic OH excluding ortho intramolecular Hbond substituents is 1. The molecule has 5 nitrogen and oxygen atoms in total. The van der Waals surface area contributed by atoms with Crippen LogP contribution in [0.5, 0.6) is 11.5 Å². The average Bonchev–Trinajstić information content (AvgIpc) is 2.49. The number of aromatic hydroxyl groups is 1. The SMILES string of the molecule is CCCOc1ccc(NC(=O)c2cc(O)ccc2N)cc1.